The molecular weight excluding hydrogens is 329 g/mol. The van der Waals surface area contributed by atoms with Crippen LogP contribution in [-0.2, 0) is 12.7 Å². The molecule has 0 amide bonds. The Bertz CT molecular complexity index is 611. The summed E-state index contributed by atoms with van der Waals surface area (Å²) in [5, 5.41) is 6.39. The molecule has 1 atom stereocenters. The highest BCUT2D eigenvalue weighted by atomic mass is 19.4. The second kappa shape index (κ2) is 7.64. The zero-order valence-corrected chi connectivity index (χ0v) is 14.4. The number of nitrogens with zero attached hydrogens (tertiary/aromatic N) is 2. The molecule has 0 radical (unpaired) electrons. The smallest absolute Gasteiger partial charge is 0.356 e. The van der Waals surface area contributed by atoms with Gasteiger partial charge in [0.25, 0.3) is 0 Å². The number of aliphatic imine (C=N–C) groups is 1. The first-order valence-electron chi connectivity index (χ1n) is 8.80. The van der Waals surface area contributed by atoms with Gasteiger partial charge in [0.1, 0.15) is 0 Å². The summed E-state index contributed by atoms with van der Waals surface area (Å²) < 4.78 is 38.3. The zero-order chi connectivity index (χ0) is 17.9. The Morgan fingerprint density at radius 3 is 2.72 bits per heavy atom. The molecule has 1 heterocycles. The average Bonchev–Trinajstić information content (AvgIpc) is 3.33. The van der Waals surface area contributed by atoms with Crippen LogP contribution < -0.4 is 10.6 Å². The Hall–Kier alpha value is -1.76. The number of likely N-dealkylation sites (tertiary alicyclic amines) is 1. The van der Waals surface area contributed by atoms with Crippen molar-refractivity contribution in [1.29, 1.82) is 0 Å². The molecule has 7 heteroatoms. The van der Waals surface area contributed by atoms with Gasteiger partial charge >= 0.3 is 6.18 Å². The lowest BCUT2D eigenvalue weighted by Crippen LogP contribution is -2.40. The van der Waals surface area contributed by atoms with Crippen LogP contribution in [0, 0.1) is 5.92 Å². The molecule has 1 unspecified atom stereocenters. The topological polar surface area (TPSA) is 39.7 Å². The van der Waals surface area contributed by atoms with Gasteiger partial charge in [-0.3, -0.25) is 4.99 Å². The summed E-state index contributed by atoms with van der Waals surface area (Å²) in [5.41, 5.74) is -0.0422. The lowest BCUT2D eigenvalue weighted by atomic mass is 10.1. The van der Waals surface area contributed by atoms with Gasteiger partial charge < -0.3 is 15.5 Å². The predicted octanol–water partition coefficient (Wildman–Crippen LogP) is 2.85. The van der Waals surface area contributed by atoms with E-state index in [1.54, 1.807) is 13.1 Å². The summed E-state index contributed by atoms with van der Waals surface area (Å²) in [6.07, 6.45) is -0.458. The fraction of sp³-hybridized carbons (Fsp3) is 0.611. The maximum atomic E-state index is 12.8. The van der Waals surface area contributed by atoms with Crippen LogP contribution in [0.2, 0.25) is 0 Å². The number of benzene rings is 1. The molecule has 138 valence electrons. The van der Waals surface area contributed by atoms with Gasteiger partial charge in [0.15, 0.2) is 5.96 Å². The Morgan fingerprint density at radius 2 is 2.04 bits per heavy atom. The Balaban J connectivity index is 1.45. The van der Waals surface area contributed by atoms with E-state index in [9.17, 15) is 13.2 Å². The van der Waals surface area contributed by atoms with Crippen LogP contribution in [0.3, 0.4) is 0 Å². The first kappa shape index (κ1) is 18.0. The number of halogens is 3. The van der Waals surface area contributed by atoms with Crippen LogP contribution in [0.4, 0.5) is 13.2 Å². The largest absolute Gasteiger partial charge is 0.416 e. The molecule has 1 aromatic carbocycles. The van der Waals surface area contributed by atoms with Crippen molar-refractivity contribution in [2.75, 3.05) is 26.7 Å². The molecular formula is C18H25F3N4. The van der Waals surface area contributed by atoms with Crippen LogP contribution in [-0.4, -0.2) is 43.6 Å². The summed E-state index contributed by atoms with van der Waals surface area (Å²) in [7, 11) is 1.67. The molecule has 0 spiro atoms. The molecule has 1 aliphatic carbocycles. The second-order valence-corrected chi connectivity index (χ2v) is 6.89. The maximum absolute atomic E-state index is 12.8. The van der Waals surface area contributed by atoms with E-state index < -0.39 is 11.7 Å². The summed E-state index contributed by atoms with van der Waals surface area (Å²) in [6, 6.07) is 6.18. The molecule has 2 N–H and O–H groups in total. The van der Waals surface area contributed by atoms with Crippen LogP contribution in [0.15, 0.2) is 29.3 Å². The van der Waals surface area contributed by atoms with E-state index in [1.165, 1.54) is 37.9 Å². The summed E-state index contributed by atoms with van der Waals surface area (Å²) >= 11 is 0. The van der Waals surface area contributed by atoms with E-state index in [4.69, 9.17) is 0 Å². The van der Waals surface area contributed by atoms with Crippen molar-refractivity contribution in [2.45, 2.75) is 38.0 Å². The van der Waals surface area contributed by atoms with Crippen molar-refractivity contribution >= 4 is 5.96 Å². The third kappa shape index (κ3) is 5.11. The first-order chi connectivity index (χ1) is 12.0. The molecule has 1 saturated heterocycles. The van der Waals surface area contributed by atoms with Gasteiger partial charge in [0, 0.05) is 32.7 Å². The monoisotopic (exact) mass is 354 g/mol. The van der Waals surface area contributed by atoms with Gasteiger partial charge in [-0.2, -0.15) is 13.2 Å². The van der Waals surface area contributed by atoms with Gasteiger partial charge in [-0.25, -0.2) is 0 Å². The van der Waals surface area contributed by atoms with Crippen molar-refractivity contribution in [3.05, 3.63) is 35.4 Å². The Morgan fingerprint density at radius 1 is 1.24 bits per heavy atom. The van der Waals surface area contributed by atoms with E-state index in [0.29, 0.717) is 24.0 Å². The minimum atomic E-state index is -4.31. The van der Waals surface area contributed by atoms with Crippen molar-refractivity contribution in [3.63, 3.8) is 0 Å². The lowest BCUT2D eigenvalue weighted by molar-refractivity contribution is -0.137. The van der Waals surface area contributed by atoms with Gasteiger partial charge in [-0.15, -0.1) is 0 Å². The summed E-state index contributed by atoms with van der Waals surface area (Å²) in [4.78, 5) is 6.72. The third-order valence-corrected chi connectivity index (χ3v) is 4.88. The third-order valence-electron chi connectivity index (χ3n) is 4.88. The molecule has 0 aromatic heterocycles. The minimum absolute atomic E-state index is 0.308. The Labute approximate surface area is 146 Å². The predicted molar refractivity (Wildman–Crippen MR) is 92.3 cm³/mol. The molecule has 25 heavy (non-hydrogen) atoms. The highest BCUT2D eigenvalue weighted by Gasteiger charge is 2.34. The Kier molecular flexibility index (Phi) is 5.51. The van der Waals surface area contributed by atoms with Crippen molar-refractivity contribution in [2.24, 2.45) is 10.9 Å². The normalized spacial score (nSPS) is 22.2. The number of nitrogens with one attached hydrogen (secondary N) is 2. The fourth-order valence-corrected chi connectivity index (χ4v) is 3.31. The first-order valence-corrected chi connectivity index (χ1v) is 8.80. The van der Waals surface area contributed by atoms with Gasteiger partial charge in [-0.05, 0) is 49.4 Å². The van der Waals surface area contributed by atoms with E-state index in [0.717, 1.165) is 25.2 Å². The van der Waals surface area contributed by atoms with Gasteiger partial charge in [0.05, 0.1) is 5.56 Å². The summed E-state index contributed by atoms with van der Waals surface area (Å²) in [5.74, 6) is 1.23. The number of hydrogen-bond acceptors (Lipinski definition) is 2. The van der Waals surface area contributed by atoms with Crippen molar-refractivity contribution in [3.8, 4) is 0 Å². The number of guanidine groups is 1. The van der Waals surface area contributed by atoms with Crippen LogP contribution >= 0.6 is 0 Å². The minimum Gasteiger partial charge on any atom is -0.356 e. The van der Waals surface area contributed by atoms with Gasteiger partial charge in [0.2, 0.25) is 0 Å². The van der Waals surface area contributed by atoms with E-state index in [2.05, 4.69) is 20.5 Å². The number of rotatable bonds is 5. The van der Waals surface area contributed by atoms with Crippen LogP contribution in [0.1, 0.15) is 30.4 Å². The van der Waals surface area contributed by atoms with E-state index in [1.807, 2.05) is 0 Å². The fourth-order valence-electron chi connectivity index (χ4n) is 3.31. The second-order valence-electron chi connectivity index (χ2n) is 6.89. The zero-order valence-electron chi connectivity index (χ0n) is 14.4. The highest BCUT2D eigenvalue weighted by Crippen LogP contribution is 2.31. The molecule has 2 fully saturated rings. The molecule has 1 aliphatic heterocycles. The molecule has 1 aromatic rings. The van der Waals surface area contributed by atoms with Crippen molar-refractivity contribution < 1.29 is 13.2 Å². The molecule has 1 saturated carbocycles. The van der Waals surface area contributed by atoms with E-state index >= 15 is 0 Å². The SMILES string of the molecule is CN=C(NCc1cccc(C(F)(F)F)c1)NCC1CCN(C2CC2)C1. The van der Waals surface area contributed by atoms with E-state index in [-0.39, 0.29) is 0 Å². The average molecular weight is 354 g/mol. The van der Waals surface area contributed by atoms with Crippen LogP contribution in [0.5, 0.6) is 0 Å². The molecule has 2 aliphatic rings. The number of alkyl halides is 3. The quantitative estimate of drug-likeness (QED) is 0.631. The molecule has 3 rings (SSSR count). The van der Waals surface area contributed by atoms with Crippen molar-refractivity contribution in [1.82, 2.24) is 15.5 Å². The van der Waals surface area contributed by atoms with Crippen LogP contribution in [0.25, 0.3) is 0 Å². The summed E-state index contributed by atoms with van der Waals surface area (Å²) in [6.45, 7) is 3.45. The standard InChI is InChI=1S/C18H25F3N4/c1-22-17(24-11-14-7-8-25(12-14)16-5-6-16)23-10-13-3-2-4-15(9-13)18(19,20)21/h2-4,9,14,16H,5-8,10-12H2,1H3,(H2,22,23,24). The molecule has 4 nitrogen and oxygen atoms in total. The number of hydrogen-bond donors (Lipinski definition) is 2. The maximum Gasteiger partial charge on any atom is 0.416 e. The lowest BCUT2D eigenvalue weighted by Gasteiger charge is -2.17. The molecule has 0 bridgehead atoms. The van der Waals surface area contributed by atoms with Gasteiger partial charge in [-0.1, -0.05) is 12.1 Å². The highest BCUT2D eigenvalue weighted by molar-refractivity contribution is 5.79.